The SMILES string of the molecule is COc1cc(C(C)(F)F)cc(CNO)c1OC. The predicted molar refractivity (Wildman–Crippen MR) is 57.7 cm³/mol. The Labute approximate surface area is 98.1 Å². The molecule has 6 heteroatoms. The van der Waals surface area contributed by atoms with Crippen molar-refractivity contribution in [2.24, 2.45) is 0 Å². The van der Waals surface area contributed by atoms with Gasteiger partial charge in [-0.05, 0) is 12.1 Å². The summed E-state index contributed by atoms with van der Waals surface area (Å²) in [5.74, 6) is -2.46. The summed E-state index contributed by atoms with van der Waals surface area (Å²) in [5.41, 5.74) is 2.11. The lowest BCUT2D eigenvalue weighted by molar-refractivity contribution is 0.0170. The van der Waals surface area contributed by atoms with Crippen LogP contribution in [0.1, 0.15) is 18.1 Å². The summed E-state index contributed by atoms with van der Waals surface area (Å²) in [6.07, 6.45) is 0. The first-order valence-electron chi connectivity index (χ1n) is 4.94. The fraction of sp³-hybridized carbons (Fsp3) is 0.455. The molecule has 0 aromatic heterocycles. The van der Waals surface area contributed by atoms with E-state index in [0.717, 1.165) is 6.92 Å². The number of hydroxylamine groups is 1. The van der Waals surface area contributed by atoms with E-state index in [0.29, 0.717) is 11.3 Å². The van der Waals surface area contributed by atoms with E-state index < -0.39 is 5.92 Å². The average Bonchev–Trinajstić information content (AvgIpc) is 2.27. The first-order valence-corrected chi connectivity index (χ1v) is 4.94. The maximum atomic E-state index is 13.2. The van der Waals surface area contributed by atoms with Crippen LogP contribution in [-0.2, 0) is 12.5 Å². The Bertz CT molecular complexity index is 391. The molecule has 0 aliphatic heterocycles. The lowest BCUT2D eigenvalue weighted by atomic mass is 10.0. The first-order chi connectivity index (χ1) is 7.93. The predicted octanol–water partition coefficient (Wildman–Crippen LogP) is 2.29. The second-order valence-electron chi connectivity index (χ2n) is 3.59. The van der Waals surface area contributed by atoms with Crippen LogP contribution >= 0.6 is 0 Å². The molecular formula is C11H15F2NO3. The molecule has 0 unspecified atom stereocenters. The van der Waals surface area contributed by atoms with Gasteiger partial charge in [-0.1, -0.05) is 0 Å². The zero-order chi connectivity index (χ0) is 13.1. The molecule has 0 aliphatic carbocycles. The van der Waals surface area contributed by atoms with Crippen molar-refractivity contribution in [3.8, 4) is 11.5 Å². The third-order valence-corrected chi connectivity index (χ3v) is 2.33. The van der Waals surface area contributed by atoms with Crippen LogP contribution in [-0.4, -0.2) is 19.4 Å². The number of methoxy groups -OCH3 is 2. The summed E-state index contributed by atoms with van der Waals surface area (Å²) in [4.78, 5) is 0. The fourth-order valence-corrected chi connectivity index (χ4v) is 1.51. The zero-order valence-electron chi connectivity index (χ0n) is 9.88. The molecule has 0 spiro atoms. The molecule has 0 amide bonds. The van der Waals surface area contributed by atoms with Gasteiger partial charge >= 0.3 is 0 Å². The normalized spacial score (nSPS) is 11.4. The maximum absolute atomic E-state index is 13.2. The minimum Gasteiger partial charge on any atom is -0.493 e. The van der Waals surface area contributed by atoms with E-state index in [1.165, 1.54) is 26.4 Å². The van der Waals surface area contributed by atoms with Crippen molar-refractivity contribution in [2.75, 3.05) is 14.2 Å². The number of hydrogen-bond donors (Lipinski definition) is 2. The minimum absolute atomic E-state index is 0.0105. The number of ether oxygens (including phenoxy) is 2. The highest BCUT2D eigenvalue weighted by Crippen LogP contribution is 2.38. The van der Waals surface area contributed by atoms with Crippen LogP contribution < -0.4 is 15.0 Å². The Morgan fingerprint density at radius 1 is 1.29 bits per heavy atom. The third-order valence-electron chi connectivity index (χ3n) is 2.33. The molecule has 2 N–H and O–H groups in total. The molecule has 0 aliphatic rings. The van der Waals surface area contributed by atoms with Gasteiger partial charge in [0.25, 0.3) is 5.92 Å². The minimum atomic E-state index is -2.98. The summed E-state index contributed by atoms with van der Waals surface area (Å²) in [6.45, 7) is 0.786. The van der Waals surface area contributed by atoms with Crippen LogP contribution in [0.25, 0.3) is 0 Å². The molecule has 17 heavy (non-hydrogen) atoms. The van der Waals surface area contributed by atoms with E-state index >= 15 is 0 Å². The van der Waals surface area contributed by atoms with Gasteiger partial charge in [0.15, 0.2) is 11.5 Å². The Kier molecular flexibility index (Phi) is 4.25. The van der Waals surface area contributed by atoms with Gasteiger partial charge < -0.3 is 14.7 Å². The van der Waals surface area contributed by atoms with Crippen molar-refractivity contribution in [3.63, 3.8) is 0 Å². The van der Waals surface area contributed by atoms with Crippen LogP contribution in [0.4, 0.5) is 8.78 Å². The van der Waals surface area contributed by atoms with Crippen molar-refractivity contribution < 1.29 is 23.5 Å². The Hall–Kier alpha value is -1.40. The fourth-order valence-electron chi connectivity index (χ4n) is 1.51. The van der Waals surface area contributed by atoms with E-state index in [2.05, 4.69) is 0 Å². The largest absolute Gasteiger partial charge is 0.493 e. The highest BCUT2D eigenvalue weighted by molar-refractivity contribution is 5.50. The molecule has 0 radical (unpaired) electrons. The topological polar surface area (TPSA) is 50.7 Å². The third kappa shape index (κ3) is 3.04. The van der Waals surface area contributed by atoms with Crippen LogP contribution in [0.5, 0.6) is 11.5 Å². The Balaban J connectivity index is 3.34. The summed E-state index contributed by atoms with van der Waals surface area (Å²) in [5, 5.41) is 8.66. The molecule has 1 aromatic carbocycles. The molecule has 0 saturated carbocycles. The van der Waals surface area contributed by atoms with Gasteiger partial charge in [0, 0.05) is 24.6 Å². The lowest BCUT2D eigenvalue weighted by Gasteiger charge is -2.17. The van der Waals surface area contributed by atoms with E-state index in [-0.39, 0.29) is 17.9 Å². The standard InChI is InChI=1S/C11H15F2NO3/c1-11(12,13)8-4-7(6-14-15)10(17-3)9(5-8)16-2/h4-5,14-15H,6H2,1-3H3. The molecule has 0 saturated heterocycles. The van der Waals surface area contributed by atoms with Crippen LogP contribution in [0.3, 0.4) is 0 Å². The molecule has 0 heterocycles. The number of rotatable bonds is 5. The summed E-state index contributed by atoms with van der Waals surface area (Å²) >= 11 is 0. The van der Waals surface area contributed by atoms with Gasteiger partial charge in [0.2, 0.25) is 0 Å². The number of benzene rings is 1. The average molecular weight is 247 g/mol. The summed E-state index contributed by atoms with van der Waals surface area (Å²) in [6, 6.07) is 2.49. The Morgan fingerprint density at radius 3 is 2.35 bits per heavy atom. The summed E-state index contributed by atoms with van der Waals surface area (Å²) < 4.78 is 36.6. The van der Waals surface area contributed by atoms with Crippen LogP contribution in [0.15, 0.2) is 12.1 Å². The van der Waals surface area contributed by atoms with Gasteiger partial charge in [0.05, 0.1) is 14.2 Å². The van der Waals surface area contributed by atoms with Gasteiger partial charge in [0.1, 0.15) is 0 Å². The molecular weight excluding hydrogens is 232 g/mol. The lowest BCUT2D eigenvalue weighted by Crippen LogP contribution is -2.12. The number of halogens is 2. The van der Waals surface area contributed by atoms with Crippen molar-refractivity contribution in [1.82, 2.24) is 5.48 Å². The van der Waals surface area contributed by atoms with E-state index in [1.807, 2.05) is 5.48 Å². The molecule has 1 aromatic rings. The zero-order valence-corrected chi connectivity index (χ0v) is 9.88. The molecule has 1 rings (SSSR count). The second-order valence-corrected chi connectivity index (χ2v) is 3.59. The van der Waals surface area contributed by atoms with Gasteiger partial charge in [-0.25, -0.2) is 14.3 Å². The van der Waals surface area contributed by atoms with Crippen molar-refractivity contribution >= 4 is 0 Å². The quantitative estimate of drug-likeness (QED) is 0.784. The Morgan fingerprint density at radius 2 is 1.94 bits per heavy atom. The van der Waals surface area contributed by atoms with E-state index in [4.69, 9.17) is 14.7 Å². The number of alkyl halides is 2. The van der Waals surface area contributed by atoms with E-state index in [1.54, 1.807) is 0 Å². The molecule has 0 atom stereocenters. The highest BCUT2D eigenvalue weighted by Gasteiger charge is 2.27. The van der Waals surface area contributed by atoms with Crippen LogP contribution in [0.2, 0.25) is 0 Å². The molecule has 4 nitrogen and oxygen atoms in total. The second kappa shape index (κ2) is 5.29. The molecule has 0 bridgehead atoms. The van der Waals surface area contributed by atoms with Crippen molar-refractivity contribution in [3.05, 3.63) is 23.3 Å². The number of nitrogens with one attached hydrogen (secondary N) is 1. The smallest absolute Gasteiger partial charge is 0.270 e. The first kappa shape index (κ1) is 13.7. The van der Waals surface area contributed by atoms with Crippen LogP contribution in [0, 0.1) is 0 Å². The monoisotopic (exact) mass is 247 g/mol. The van der Waals surface area contributed by atoms with Crippen molar-refractivity contribution in [2.45, 2.75) is 19.4 Å². The number of hydrogen-bond acceptors (Lipinski definition) is 4. The van der Waals surface area contributed by atoms with E-state index in [9.17, 15) is 8.78 Å². The van der Waals surface area contributed by atoms with Gasteiger partial charge in [-0.2, -0.15) is 0 Å². The maximum Gasteiger partial charge on any atom is 0.270 e. The van der Waals surface area contributed by atoms with Gasteiger partial charge in [-0.15, -0.1) is 0 Å². The van der Waals surface area contributed by atoms with Gasteiger partial charge in [-0.3, -0.25) is 0 Å². The molecule has 96 valence electrons. The summed E-state index contributed by atoms with van der Waals surface area (Å²) in [7, 11) is 2.77. The highest BCUT2D eigenvalue weighted by atomic mass is 19.3. The van der Waals surface area contributed by atoms with Crippen molar-refractivity contribution in [1.29, 1.82) is 0 Å². The molecule has 0 fully saturated rings.